The number of nitrogens with one attached hydrogen (secondary N) is 1. The summed E-state index contributed by atoms with van der Waals surface area (Å²) in [6, 6.07) is 6.82. The van der Waals surface area contributed by atoms with Crippen molar-refractivity contribution in [3.63, 3.8) is 0 Å². The lowest BCUT2D eigenvalue weighted by Crippen LogP contribution is -2.26. The number of aliphatic hydroxyl groups is 1. The van der Waals surface area contributed by atoms with Gasteiger partial charge in [-0.1, -0.05) is 12.1 Å². The largest absolute Gasteiger partial charge is 0.508 e. The average Bonchev–Trinajstić information content (AvgIpc) is 2.70. The van der Waals surface area contributed by atoms with Crippen molar-refractivity contribution in [1.29, 1.82) is 0 Å². The van der Waals surface area contributed by atoms with Crippen molar-refractivity contribution in [3.05, 3.63) is 29.8 Å². The second-order valence-electron chi connectivity index (χ2n) is 4.88. The molecule has 0 saturated carbocycles. The van der Waals surface area contributed by atoms with Crippen LogP contribution < -0.4 is 5.32 Å². The third-order valence-electron chi connectivity index (χ3n) is 3.34. The molecule has 0 bridgehead atoms. The zero-order valence-corrected chi connectivity index (χ0v) is 9.61. The zero-order chi connectivity index (χ0) is 11.6. The molecule has 3 nitrogen and oxygen atoms in total. The minimum absolute atomic E-state index is 0.238. The number of aromatic hydroxyl groups is 1. The van der Waals surface area contributed by atoms with Gasteiger partial charge in [0.1, 0.15) is 5.75 Å². The van der Waals surface area contributed by atoms with Gasteiger partial charge in [0.05, 0.1) is 5.60 Å². The van der Waals surface area contributed by atoms with E-state index in [0.717, 1.165) is 31.5 Å². The number of benzene rings is 1. The first-order valence-electron chi connectivity index (χ1n) is 5.80. The van der Waals surface area contributed by atoms with Crippen LogP contribution in [-0.2, 0) is 5.60 Å². The molecule has 16 heavy (non-hydrogen) atoms. The van der Waals surface area contributed by atoms with Crippen molar-refractivity contribution < 1.29 is 10.2 Å². The molecule has 1 aliphatic heterocycles. The fourth-order valence-electron chi connectivity index (χ4n) is 2.39. The summed E-state index contributed by atoms with van der Waals surface area (Å²) in [7, 11) is 0. The Morgan fingerprint density at radius 3 is 2.62 bits per heavy atom. The molecule has 1 aromatic carbocycles. The fourth-order valence-corrected chi connectivity index (χ4v) is 2.39. The highest BCUT2D eigenvalue weighted by Crippen LogP contribution is 2.31. The molecule has 0 amide bonds. The highest BCUT2D eigenvalue weighted by atomic mass is 16.3. The molecular formula is C13H19NO2. The lowest BCUT2D eigenvalue weighted by molar-refractivity contribution is 0.0325. The van der Waals surface area contributed by atoms with Crippen molar-refractivity contribution in [2.45, 2.75) is 25.4 Å². The maximum absolute atomic E-state index is 10.4. The monoisotopic (exact) mass is 221 g/mol. The topological polar surface area (TPSA) is 52.5 Å². The van der Waals surface area contributed by atoms with Crippen LogP contribution in [0.3, 0.4) is 0 Å². The molecule has 1 aromatic rings. The highest BCUT2D eigenvalue weighted by molar-refractivity contribution is 5.29. The van der Waals surface area contributed by atoms with E-state index in [4.69, 9.17) is 0 Å². The Labute approximate surface area is 96.1 Å². The molecule has 0 spiro atoms. The maximum Gasteiger partial charge on any atom is 0.115 e. The first kappa shape index (κ1) is 11.4. The lowest BCUT2D eigenvalue weighted by atomic mass is 9.85. The van der Waals surface area contributed by atoms with E-state index in [1.54, 1.807) is 24.3 Å². The summed E-state index contributed by atoms with van der Waals surface area (Å²) in [4.78, 5) is 0. The summed E-state index contributed by atoms with van der Waals surface area (Å²) in [5, 5.41) is 22.9. The van der Waals surface area contributed by atoms with Gasteiger partial charge < -0.3 is 15.5 Å². The van der Waals surface area contributed by atoms with Gasteiger partial charge in [0.2, 0.25) is 0 Å². The molecular weight excluding hydrogens is 202 g/mol. The second kappa shape index (κ2) is 4.44. The van der Waals surface area contributed by atoms with Crippen LogP contribution in [0.1, 0.15) is 25.3 Å². The highest BCUT2D eigenvalue weighted by Gasteiger charge is 2.28. The second-order valence-corrected chi connectivity index (χ2v) is 4.88. The van der Waals surface area contributed by atoms with Crippen LogP contribution in [-0.4, -0.2) is 23.3 Å². The number of hydrogen-bond donors (Lipinski definition) is 3. The van der Waals surface area contributed by atoms with Gasteiger partial charge in [-0.15, -0.1) is 0 Å². The Kier molecular flexibility index (Phi) is 3.17. The third-order valence-corrected chi connectivity index (χ3v) is 3.34. The van der Waals surface area contributed by atoms with Crippen LogP contribution in [0.4, 0.5) is 0 Å². The Morgan fingerprint density at radius 2 is 2.06 bits per heavy atom. The smallest absolute Gasteiger partial charge is 0.115 e. The standard InChI is InChI=1S/C13H19NO2/c1-13(16,8-10-6-7-14-9-10)11-2-4-12(15)5-3-11/h2-5,10,14-16H,6-9H2,1H3. The summed E-state index contributed by atoms with van der Waals surface area (Å²) < 4.78 is 0. The summed E-state index contributed by atoms with van der Waals surface area (Å²) in [5.74, 6) is 0.783. The summed E-state index contributed by atoms with van der Waals surface area (Å²) in [5.41, 5.74) is 0.0712. The van der Waals surface area contributed by atoms with Gasteiger partial charge in [0.25, 0.3) is 0 Å². The first-order valence-corrected chi connectivity index (χ1v) is 5.80. The summed E-state index contributed by atoms with van der Waals surface area (Å²) in [6.07, 6.45) is 1.90. The van der Waals surface area contributed by atoms with Gasteiger partial charge >= 0.3 is 0 Å². The third kappa shape index (κ3) is 2.54. The van der Waals surface area contributed by atoms with Crippen LogP contribution >= 0.6 is 0 Å². The van der Waals surface area contributed by atoms with E-state index in [1.165, 1.54) is 0 Å². The van der Waals surface area contributed by atoms with E-state index in [-0.39, 0.29) is 5.75 Å². The van der Waals surface area contributed by atoms with E-state index < -0.39 is 5.60 Å². The SMILES string of the molecule is CC(O)(CC1CCNC1)c1ccc(O)cc1. The molecule has 3 heteroatoms. The van der Waals surface area contributed by atoms with Crippen LogP contribution in [0.2, 0.25) is 0 Å². The predicted molar refractivity (Wildman–Crippen MR) is 63.3 cm³/mol. The van der Waals surface area contributed by atoms with E-state index in [1.807, 2.05) is 6.92 Å². The Balaban J connectivity index is 2.07. The number of phenols is 1. The number of hydrogen-bond acceptors (Lipinski definition) is 3. The lowest BCUT2D eigenvalue weighted by Gasteiger charge is -2.26. The van der Waals surface area contributed by atoms with Crippen molar-refractivity contribution in [2.75, 3.05) is 13.1 Å². The van der Waals surface area contributed by atoms with Crippen molar-refractivity contribution in [3.8, 4) is 5.75 Å². The van der Waals surface area contributed by atoms with Crippen molar-refractivity contribution in [2.24, 2.45) is 5.92 Å². The van der Waals surface area contributed by atoms with Gasteiger partial charge in [0.15, 0.2) is 0 Å². The molecule has 2 rings (SSSR count). The van der Waals surface area contributed by atoms with E-state index >= 15 is 0 Å². The molecule has 1 aliphatic rings. The summed E-state index contributed by atoms with van der Waals surface area (Å²) in [6.45, 7) is 3.89. The predicted octanol–water partition coefficient (Wildman–Crippen LogP) is 1.60. The van der Waals surface area contributed by atoms with Gasteiger partial charge in [-0.2, -0.15) is 0 Å². The number of rotatable bonds is 3. The Bertz CT molecular complexity index is 339. The molecule has 88 valence electrons. The van der Waals surface area contributed by atoms with Gasteiger partial charge in [-0.25, -0.2) is 0 Å². The molecule has 2 atom stereocenters. The molecule has 0 aromatic heterocycles. The minimum Gasteiger partial charge on any atom is -0.508 e. The van der Waals surface area contributed by atoms with E-state index in [0.29, 0.717) is 5.92 Å². The normalized spacial score (nSPS) is 24.2. The van der Waals surface area contributed by atoms with E-state index in [9.17, 15) is 10.2 Å². The quantitative estimate of drug-likeness (QED) is 0.726. The van der Waals surface area contributed by atoms with Crippen LogP contribution in [0.25, 0.3) is 0 Å². The molecule has 0 aliphatic carbocycles. The van der Waals surface area contributed by atoms with Gasteiger partial charge in [-0.3, -0.25) is 0 Å². The fraction of sp³-hybridized carbons (Fsp3) is 0.538. The Morgan fingerprint density at radius 1 is 1.38 bits per heavy atom. The molecule has 1 heterocycles. The Hall–Kier alpha value is -1.06. The van der Waals surface area contributed by atoms with Gasteiger partial charge in [-0.05, 0) is 56.5 Å². The van der Waals surface area contributed by atoms with Crippen LogP contribution in [0.5, 0.6) is 5.75 Å². The molecule has 2 unspecified atom stereocenters. The van der Waals surface area contributed by atoms with Crippen molar-refractivity contribution in [1.82, 2.24) is 5.32 Å². The van der Waals surface area contributed by atoms with Gasteiger partial charge in [0, 0.05) is 0 Å². The molecule has 1 fully saturated rings. The van der Waals surface area contributed by atoms with Crippen LogP contribution in [0.15, 0.2) is 24.3 Å². The maximum atomic E-state index is 10.4. The molecule has 3 N–H and O–H groups in total. The molecule has 1 saturated heterocycles. The minimum atomic E-state index is -0.801. The van der Waals surface area contributed by atoms with E-state index in [2.05, 4.69) is 5.32 Å². The number of phenolic OH excluding ortho intramolecular Hbond substituents is 1. The van der Waals surface area contributed by atoms with Crippen LogP contribution in [0, 0.1) is 5.92 Å². The van der Waals surface area contributed by atoms with Crippen molar-refractivity contribution >= 4 is 0 Å². The average molecular weight is 221 g/mol. The zero-order valence-electron chi connectivity index (χ0n) is 9.61. The summed E-state index contributed by atoms with van der Waals surface area (Å²) >= 11 is 0. The molecule has 0 radical (unpaired) electrons. The first-order chi connectivity index (χ1) is 7.58.